The van der Waals surface area contributed by atoms with Crippen molar-refractivity contribution in [2.45, 2.75) is 26.0 Å². The highest BCUT2D eigenvalue weighted by molar-refractivity contribution is 9.10. The Morgan fingerprint density at radius 3 is 2.95 bits per heavy atom. The van der Waals surface area contributed by atoms with E-state index < -0.39 is 0 Å². The van der Waals surface area contributed by atoms with Crippen molar-refractivity contribution in [3.05, 3.63) is 34.3 Å². The van der Waals surface area contributed by atoms with Gasteiger partial charge >= 0.3 is 0 Å². The van der Waals surface area contributed by atoms with E-state index in [0.29, 0.717) is 13.2 Å². The van der Waals surface area contributed by atoms with Gasteiger partial charge in [-0.1, -0.05) is 15.9 Å². The molecule has 2 atom stereocenters. The lowest BCUT2D eigenvalue weighted by molar-refractivity contribution is -0.137. The van der Waals surface area contributed by atoms with Gasteiger partial charge in [-0.25, -0.2) is 0 Å². The van der Waals surface area contributed by atoms with Crippen LogP contribution >= 0.6 is 15.9 Å². The van der Waals surface area contributed by atoms with Gasteiger partial charge in [-0.2, -0.15) is 0 Å². The monoisotopic (exact) mass is 353 g/mol. The molecule has 0 aliphatic carbocycles. The molecule has 1 aromatic carbocycles. The smallest absolute Gasteiger partial charge is 0.246 e. The number of nitrogens with zero attached hydrogens (tertiary/aromatic N) is 1. The van der Waals surface area contributed by atoms with Gasteiger partial charge < -0.3 is 14.4 Å². The fourth-order valence-corrected chi connectivity index (χ4v) is 2.68. The van der Waals surface area contributed by atoms with Crippen LogP contribution < -0.4 is 4.74 Å². The summed E-state index contributed by atoms with van der Waals surface area (Å²) in [6, 6.07) is 5.80. The van der Waals surface area contributed by atoms with E-state index in [1.165, 1.54) is 0 Å². The van der Waals surface area contributed by atoms with Gasteiger partial charge in [-0.15, -0.1) is 0 Å². The number of halogens is 1. The number of ether oxygens (including phenoxy) is 2. The molecule has 21 heavy (non-hydrogen) atoms. The van der Waals surface area contributed by atoms with Crippen LogP contribution in [0.2, 0.25) is 0 Å². The molecule has 0 bridgehead atoms. The summed E-state index contributed by atoms with van der Waals surface area (Å²) in [6.07, 6.45) is 3.47. The first-order valence-electron chi connectivity index (χ1n) is 6.95. The quantitative estimate of drug-likeness (QED) is 0.783. The molecule has 0 radical (unpaired) electrons. The van der Waals surface area contributed by atoms with Crippen LogP contribution in [0.25, 0.3) is 6.08 Å². The summed E-state index contributed by atoms with van der Waals surface area (Å²) in [5.74, 6) is 0.741. The Bertz CT molecular complexity index is 544. The van der Waals surface area contributed by atoms with E-state index in [9.17, 15) is 4.79 Å². The second-order valence-electron chi connectivity index (χ2n) is 5.20. The number of amides is 1. The normalized spacial score (nSPS) is 22.6. The molecule has 0 spiro atoms. The van der Waals surface area contributed by atoms with Crippen LogP contribution in [0.5, 0.6) is 5.75 Å². The predicted octanol–water partition coefficient (Wildman–Crippen LogP) is 3.11. The third-order valence-electron chi connectivity index (χ3n) is 3.49. The average Bonchev–Trinajstić information content (AvgIpc) is 2.47. The van der Waals surface area contributed by atoms with E-state index in [-0.39, 0.29) is 18.1 Å². The molecule has 0 aromatic heterocycles. The van der Waals surface area contributed by atoms with Gasteiger partial charge in [0.25, 0.3) is 0 Å². The highest BCUT2D eigenvalue weighted by atomic mass is 79.9. The molecule has 1 fully saturated rings. The summed E-state index contributed by atoms with van der Waals surface area (Å²) in [5, 5.41) is 0. The zero-order valence-electron chi connectivity index (χ0n) is 12.5. The second kappa shape index (κ2) is 7.09. The van der Waals surface area contributed by atoms with Crippen molar-refractivity contribution < 1.29 is 14.3 Å². The molecular formula is C16H20BrNO3. The van der Waals surface area contributed by atoms with Crippen molar-refractivity contribution in [2.24, 2.45) is 0 Å². The zero-order chi connectivity index (χ0) is 15.4. The summed E-state index contributed by atoms with van der Waals surface area (Å²) in [5.41, 5.74) is 0.870. The number of carbonyl (C=O) groups is 1. The molecule has 0 N–H and O–H groups in total. The number of methoxy groups -OCH3 is 1. The van der Waals surface area contributed by atoms with E-state index in [1.807, 2.05) is 36.9 Å². The molecule has 1 heterocycles. The SMILES string of the molecule is COc1ccc(Br)cc1/C=C/C(=O)N1CC(C)OCC1C. The van der Waals surface area contributed by atoms with Crippen LogP contribution in [0.3, 0.4) is 0 Å². The van der Waals surface area contributed by atoms with Crippen molar-refractivity contribution in [1.29, 1.82) is 0 Å². The molecule has 1 amide bonds. The highest BCUT2D eigenvalue weighted by Crippen LogP contribution is 2.24. The van der Waals surface area contributed by atoms with E-state index >= 15 is 0 Å². The molecule has 2 rings (SSSR count). The topological polar surface area (TPSA) is 38.8 Å². The Morgan fingerprint density at radius 2 is 2.24 bits per heavy atom. The number of hydrogen-bond acceptors (Lipinski definition) is 3. The fourth-order valence-electron chi connectivity index (χ4n) is 2.30. The zero-order valence-corrected chi connectivity index (χ0v) is 14.1. The minimum atomic E-state index is -0.000298. The number of benzene rings is 1. The van der Waals surface area contributed by atoms with Gasteiger partial charge in [-0.05, 0) is 38.1 Å². The molecule has 5 heteroatoms. The molecule has 114 valence electrons. The Balaban J connectivity index is 2.13. The Morgan fingerprint density at radius 1 is 1.48 bits per heavy atom. The first kappa shape index (κ1) is 16.0. The number of morpholine rings is 1. The van der Waals surface area contributed by atoms with Crippen LogP contribution in [0.15, 0.2) is 28.7 Å². The summed E-state index contributed by atoms with van der Waals surface area (Å²) in [7, 11) is 1.62. The van der Waals surface area contributed by atoms with Gasteiger partial charge in [0.05, 0.1) is 25.9 Å². The van der Waals surface area contributed by atoms with Gasteiger partial charge in [-0.3, -0.25) is 4.79 Å². The molecular weight excluding hydrogens is 334 g/mol. The van der Waals surface area contributed by atoms with Crippen LogP contribution in [0.1, 0.15) is 19.4 Å². The standard InChI is InChI=1S/C16H20BrNO3/c1-11-10-21-12(2)9-18(11)16(19)7-4-13-8-14(17)5-6-15(13)20-3/h4-8,11-12H,9-10H2,1-3H3/b7-4+. The number of rotatable bonds is 3. The number of hydrogen-bond donors (Lipinski definition) is 0. The maximum absolute atomic E-state index is 12.3. The van der Waals surface area contributed by atoms with Crippen molar-refractivity contribution in [1.82, 2.24) is 4.90 Å². The fraction of sp³-hybridized carbons (Fsp3) is 0.438. The molecule has 4 nitrogen and oxygen atoms in total. The Labute approximate surface area is 133 Å². The van der Waals surface area contributed by atoms with Crippen LogP contribution in [0, 0.1) is 0 Å². The second-order valence-corrected chi connectivity index (χ2v) is 6.12. The molecule has 2 unspecified atom stereocenters. The molecule has 1 aliphatic heterocycles. The van der Waals surface area contributed by atoms with E-state index in [2.05, 4.69) is 15.9 Å². The first-order chi connectivity index (χ1) is 10.0. The maximum Gasteiger partial charge on any atom is 0.246 e. The van der Waals surface area contributed by atoms with Gasteiger partial charge in [0, 0.05) is 22.7 Å². The van der Waals surface area contributed by atoms with Crippen molar-refractivity contribution in [2.75, 3.05) is 20.3 Å². The maximum atomic E-state index is 12.3. The van der Waals surface area contributed by atoms with Gasteiger partial charge in [0.15, 0.2) is 0 Å². The number of carbonyl (C=O) groups excluding carboxylic acids is 1. The van der Waals surface area contributed by atoms with Crippen LogP contribution in [-0.4, -0.2) is 43.2 Å². The van der Waals surface area contributed by atoms with Crippen molar-refractivity contribution >= 4 is 27.9 Å². The third kappa shape index (κ3) is 4.08. The van der Waals surface area contributed by atoms with Gasteiger partial charge in [0.1, 0.15) is 5.75 Å². The van der Waals surface area contributed by atoms with Crippen molar-refractivity contribution in [3.8, 4) is 5.75 Å². The van der Waals surface area contributed by atoms with Gasteiger partial charge in [0.2, 0.25) is 5.91 Å². The van der Waals surface area contributed by atoms with E-state index in [0.717, 1.165) is 15.8 Å². The summed E-state index contributed by atoms with van der Waals surface area (Å²) in [4.78, 5) is 14.2. The summed E-state index contributed by atoms with van der Waals surface area (Å²) < 4.78 is 11.8. The largest absolute Gasteiger partial charge is 0.496 e. The Hall–Kier alpha value is -1.33. The first-order valence-corrected chi connectivity index (χ1v) is 7.74. The average molecular weight is 354 g/mol. The minimum Gasteiger partial charge on any atom is -0.496 e. The van der Waals surface area contributed by atoms with Crippen LogP contribution in [-0.2, 0) is 9.53 Å². The van der Waals surface area contributed by atoms with Crippen molar-refractivity contribution in [3.63, 3.8) is 0 Å². The predicted molar refractivity (Wildman–Crippen MR) is 86.3 cm³/mol. The third-order valence-corrected chi connectivity index (χ3v) is 3.98. The lowest BCUT2D eigenvalue weighted by atomic mass is 10.1. The summed E-state index contributed by atoms with van der Waals surface area (Å²) >= 11 is 3.43. The van der Waals surface area contributed by atoms with E-state index in [1.54, 1.807) is 19.3 Å². The molecule has 0 saturated carbocycles. The van der Waals surface area contributed by atoms with Crippen LogP contribution in [0.4, 0.5) is 0 Å². The van der Waals surface area contributed by atoms with E-state index in [4.69, 9.17) is 9.47 Å². The molecule has 1 aliphatic rings. The lowest BCUT2D eigenvalue weighted by Crippen LogP contribution is -2.49. The molecule has 1 saturated heterocycles. The minimum absolute atomic E-state index is 0.000298. The lowest BCUT2D eigenvalue weighted by Gasteiger charge is -2.36. The Kier molecular flexibility index (Phi) is 5.42. The summed E-state index contributed by atoms with van der Waals surface area (Å²) in [6.45, 7) is 5.19. The molecule has 1 aromatic rings. The highest BCUT2D eigenvalue weighted by Gasteiger charge is 2.26.